The molecule has 8 nitrogen and oxygen atoms in total. The molecule has 0 radical (unpaired) electrons. The van der Waals surface area contributed by atoms with E-state index in [0.29, 0.717) is 48.1 Å². The minimum atomic E-state index is -0.561. The fraction of sp³-hybridized carbons (Fsp3) is 0.167. The van der Waals surface area contributed by atoms with E-state index < -0.39 is 5.95 Å². The summed E-state index contributed by atoms with van der Waals surface area (Å²) in [6.45, 7) is 1.42. The predicted octanol–water partition coefficient (Wildman–Crippen LogP) is 2.55. The van der Waals surface area contributed by atoms with E-state index in [1.54, 1.807) is 46.2 Å². The van der Waals surface area contributed by atoms with Crippen LogP contribution >= 0.6 is 15.9 Å². The predicted molar refractivity (Wildman–Crippen MR) is 101 cm³/mol. The highest BCUT2D eigenvalue weighted by Gasteiger charge is 2.26. The molecule has 4 aromatic rings. The molecule has 5 rings (SSSR count). The first-order valence-electron chi connectivity index (χ1n) is 8.55. The number of carbonyl (C=O) groups excluding carboxylic acids is 1. The van der Waals surface area contributed by atoms with Gasteiger partial charge in [0.2, 0.25) is 5.95 Å². The first-order valence-corrected chi connectivity index (χ1v) is 9.35. The van der Waals surface area contributed by atoms with Crippen LogP contribution < -0.4 is 0 Å². The van der Waals surface area contributed by atoms with Gasteiger partial charge in [-0.25, -0.2) is 19.5 Å². The van der Waals surface area contributed by atoms with Crippen LogP contribution in [0.2, 0.25) is 0 Å². The van der Waals surface area contributed by atoms with E-state index in [2.05, 4.69) is 36.0 Å². The SMILES string of the molecule is O=C(c1cc2ncc(Br)cn2n1)N1CCn2cc(-c3cccnc3F)nc2C1. The standard InChI is InChI=1S/C18H13BrFN7O/c19-11-7-22-15-6-13(24-27(15)8-11)18(28)26-5-4-25-9-14(23-16(25)10-26)12-2-1-3-21-17(12)20/h1-3,6-9H,4-5,10H2. The van der Waals surface area contributed by atoms with Crippen LogP contribution in [0, 0.1) is 5.95 Å². The normalized spacial score (nSPS) is 13.7. The summed E-state index contributed by atoms with van der Waals surface area (Å²) in [4.78, 5) is 27.0. The number of amides is 1. The zero-order valence-corrected chi connectivity index (χ0v) is 16.0. The lowest BCUT2D eigenvalue weighted by Gasteiger charge is -2.26. The Labute approximate surface area is 166 Å². The first-order chi connectivity index (χ1) is 13.6. The van der Waals surface area contributed by atoms with Crippen molar-refractivity contribution in [2.24, 2.45) is 0 Å². The second-order valence-corrected chi connectivity index (χ2v) is 7.32. The highest BCUT2D eigenvalue weighted by molar-refractivity contribution is 9.10. The number of nitrogens with zero attached hydrogens (tertiary/aromatic N) is 7. The molecule has 0 bridgehead atoms. The van der Waals surface area contributed by atoms with E-state index in [0.717, 1.165) is 4.47 Å². The topological polar surface area (TPSA) is 81.2 Å². The smallest absolute Gasteiger partial charge is 0.274 e. The second-order valence-electron chi connectivity index (χ2n) is 6.41. The summed E-state index contributed by atoms with van der Waals surface area (Å²) in [5, 5.41) is 4.32. The largest absolute Gasteiger partial charge is 0.331 e. The molecule has 0 saturated heterocycles. The molecule has 0 saturated carbocycles. The molecule has 0 aromatic carbocycles. The van der Waals surface area contributed by atoms with Crippen molar-refractivity contribution in [1.29, 1.82) is 0 Å². The number of hydrogen-bond acceptors (Lipinski definition) is 5. The average Bonchev–Trinajstić information content (AvgIpc) is 3.30. The van der Waals surface area contributed by atoms with Gasteiger partial charge in [0.1, 0.15) is 5.82 Å². The maximum Gasteiger partial charge on any atom is 0.274 e. The fourth-order valence-corrected chi connectivity index (χ4v) is 3.55. The van der Waals surface area contributed by atoms with Crippen molar-refractivity contribution in [2.75, 3.05) is 6.54 Å². The van der Waals surface area contributed by atoms with Crippen LogP contribution in [0.15, 0.2) is 47.5 Å². The average molecular weight is 442 g/mol. The number of hydrogen-bond donors (Lipinski definition) is 0. The molecule has 140 valence electrons. The maximum absolute atomic E-state index is 14.0. The van der Waals surface area contributed by atoms with E-state index >= 15 is 0 Å². The van der Waals surface area contributed by atoms with Gasteiger partial charge >= 0.3 is 0 Å². The molecule has 0 N–H and O–H groups in total. The van der Waals surface area contributed by atoms with E-state index in [-0.39, 0.29) is 5.91 Å². The van der Waals surface area contributed by atoms with Crippen molar-refractivity contribution in [1.82, 2.24) is 34.0 Å². The third kappa shape index (κ3) is 2.85. The van der Waals surface area contributed by atoms with Crippen LogP contribution in [0.1, 0.15) is 16.3 Å². The highest BCUT2D eigenvalue weighted by atomic mass is 79.9. The van der Waals surface area contributed by atoms with Crippen molar-refractivity contribution in [3.8, 4) is 11.3 Å². The van der Waals surface area contributed by atoms with Crippen LogP contribution in [-0.2, 0) is 13.1 Å². The first kappa shape index (κ1) is 17.0. The van der Waals surface area contributed by atoms with Gasteiger partial charge in [0.05, 0.1) is 22.3 Å². The molecule has 4 aromatic heterocycles. The van der Waals surface area contributed by atoms with Gasteiger partial charge in [-0.15, -0.1) is 0 Å². The van der Waals surface area contributed by atoms with Crippen LogP contribution in [0.4, 0.5) is 4.39 Å². The van der Waals surface area contributed by atoms with Crippen LogP contribution in [0.3, 0.4) is 0 Å². The molecule has 1 aliphatic rings. The quantitative estimate of drug-likeness (QED) is 0.446. The van der Waals surface area contributed by atoms with Gasteiger partial charge in [-0.3, -0.25) is 4.79 Å². The minimum Gasteiger partial charge on any atom is -0.331 e. The minimum absolute atomic E-state index is 0.190. The molecule has 1 amide bonds. The van der Waals surface area contributed by atoms with Crippen molar-refractivity contribution < 1.29 is 9.18 Å². The van der Waals surface area contributed by atoms with E-state index in [1.165, 1.54) is 6.20 Å². The Kier molecular flexibility index (Phi) is 3.93. The van der Waals surface area contributed by atoms with Crippen molar-refractivity contribution in [3.63, 3.8) is 0 Å². The fourth-order valence-electron chi connectivity index (χ4n) is 3.25. The number of halogens is 2. The Hall–Kier alpha value is -3.14. The zero-order chi connectivity index (χ0) is 19.3. The van der Waals surface area contributed by atoms with Gasteiger partial charge in [0.15, 0.2) is 11.3 Å². The lowest BCUT2D eigenvalue weighted by atomic mass is 10.2. The molecule has 28 heavy (non-hydrogen) atoms. The third-order valence-electron chi connectivity index (χ3n) is 4.63. The number of pyridine rings is 1. The van der Waals surface area contributed by atoms with Gasteiger partial charge in [-0.05, 0) is 28.1 Å². The Bertz CT molecular complexity index is 1220. The summed E-state index contributed by atoms with van der Waals surface area (Å²) < 4.78 is 18.2. The molecule has 10 heteroatoms. The Morgan fingerprint density at radius 3 is 2.96 bits per heavy atom. The monoisotopic (exact) mass is 441 g/mol. The van der Waals surface area contributed by atoms with Gasteiger partial charge in [-0.1, -0.05) is 0 Å². The Balaban J connectivity index is 1.42. The molecule has 1 aliphatic heterocycles. The van der Waals surface area contributed by atoms with E-state index in [1.807, 2.05) is 4.57 Å². The Morgan fingerprint density at radius 2 is 2.11 bits per heavy atom. The summed E-state index contributed by atoms with van der Waals surface area (Å²) >= 11 is 3.34. The lowest BCUT2D eigenvalue weighted by Crippen LogP contribution is -2.38. The molecule has 0 atom stereocenters. The highest BCUT2D eigenvalue weighted by Crippen LogP contribution is 2.23. The van der Waals surface area contributed by atoms with Crippen molar-refractivity contribution in [2.45, 2.75) is 13.1 Å². The van der Waals surface area contributed by atoms with Gasteiger partial charge in [0, 0.05) is 43.9 Å². The molecule has 0 fully saturated rings. The molecular formula is C18H13BrFN7O. The summed E-state index contributed by atoms with van der Waals surface area (Å²) in [6.07, 6.45) is 6.60. The van der Waals surface area contributed by atoms with Crippen molar-refractivity contribution >= 4 is 27.5 Å². The number of carbonyl (C=O) groups is 1. The summed E-state index contributed by atoms with van der Waals surface area (Å²) in [5.74, 6) is -0.0540. The number of fused-ring (bicyclic) bond motifs is 2. The molecule has 0 unspecified atom stereocenters. The van der Waals surface area contributed by atoms with Crippen LogP contribution in [0.5, 0.6) is 0 Å². The molecule has 5 heterocycles. The van der Waals surface area contributed by atoms with E-state index in [4.69, 9.17) is 0 Å². The third-order valence-corrected chi connectivity index (χ3v) is 5.03. The molecule has 0 spiro atoms. The zero-order valence-electron chi connectivity index (χ0n) is 14.5. The number of imidazole rings is 1. The summed E-state index contributed by atoms with van der Waals surface area (Å²) in [6, 6.07) is 4.97. The maximum atomic E-state index is 14.0. The summed E-state index contributed by atoms with van der Waals surface area (Å²) in [7, 11) is 0. The van der Waals surface area contributed by atoms with Gasteiger partial charge < -0.3 is 9.47 Å². The van der Waals surface area contributed by atoms with Crippen molar-refractivity contribution in [3.05, 3.63) is 64.9 Å². The second kappa shape index (κ2) is 6.48. The molecule has 0 aliphatic carbocycles. The number of rotatable bonds is 2. The molecular weight excluding hydrogens is 429 g/mol. The van der Waals surface area contributed by atoms with Crippen LogP contribution in [0.25, 0.3) is 16.9 Å². The van der Waals surface area contributed by atoms with Gasteiger partial charge in [0.25, 0.3) is 5.91 Å². The Morgan fingerprint density at radius 1 is 1.21 bits per heavy atom. The van der Waals surface area contributed by atoms with Crippen LogP contribution in [-0.4, -0.2) is 46.5 Å². The van der Waals surface area contributed by atoms with Gasteiger partial charge in [-0.2, -0.15) is 9.49 Å². The van der Waals surface area contributed by atoms with E-state index in [9.17, 15) is 9.18 Å². The number of aromatic nitrogens is 6. The summed E-state index contributed by atoms with van der Waals surface area (Å²) in [5.41, 5.74) is 1.78. The lowest BCUT2D eigenvalue weighted by molar-refractivity contribution is 0.0701.